The van der Waals surface area contributed by atoms with Gasteiger partial charge < -0.3 is 0 Å². The summed E-state index contributed by atoms with van der Waals surface area (Å²) in [6, 6.07) is 9.27. The number of aryl methyl sites for hydroxylation is 2. The largest absolute Gasteiger partial charge is 0.0654 e. The molecule has 0 fully saturated rings. The third-order valence-electron chi connectivity index (χ3n) is 3.56. The summed E-state index contributed by atoms with van der Waals surface area (Å²) in [5.74, 6) is 0. The van der Waals surface area contributed by atoms with E-state index in [0.29, 0.717) is 0 Å². The maximum Gasteiger partial charge on any atom is -0.0279 e. The zero-order chi connectivity index (χ0) is 13.1. The smallest absolute Gasteiger partial charge is 0.0279 e. The summed E-state index contributed by atoms with van der Waals surface area (Å²) in [5, 5.41) is 0. The van der Waals surface area contributed by atoms with E-state index in [2.05, 4.69) is 38.1 Å². The first-order valence-electron chi connectivity index (χ1n) is 7.74. The number of rotatable bonds is 10. The van der Waals surface area contributed by atoms with Crippen molar-refractivity contribution in [2.75, 3.05) is 0 Å². The molecule has 0 bridgehead atoms. The Bertz CT molecular complexity index is 283. The summed E-state index contributed by atoms with van der Waals surface area (Å²) in [6.07, 6.45) is 12.9. The van der Waals surface area contributed by atoms with E-state index in [0.717, 1.165) is 6.42 Å². The molecule has 0 saturated heterocycles. The highest BCUT2D eigenvalue weighted by molar-refractivity contribution is 5.22. The molecular weight excluding hydrogens is 216 g/mol. The fourth-order valence-electron chi connectivity index (χ4n) is 2.29. The van der Waals surface area contributed by atoms with E-state index >= 15 is 0 Å². The van der Waals surface area contributed by atoms with Crippen molar-refractivity contribution in [1.82, 2.24) is 0 Å². The van der Waals surface area contributed by atoms with Gasteiger partial charge in [0.15, 0.2) is 0 Å². The molecule has 1 aromatic rings. The average molecular weight is 245 g/mol. The average Bonchev–Trinajstić information content (AvgIpc) is 2.42. The summed E-state index contributed by atoms with van der Waals surface area (Å²) in [4.78, 5) is 0. The Morgan fingerprint density at radius 2 is 1.22 bits per heavy atom. The van der Waals surface area contributed by atoms with Gasteiger partial charge in [-0.1, -0.05) is 76.6 Å². The first-order chi connectivity index (χ1) is 8.86. The van der Waals surface area contributed by atoms with Crippen molar-refractivity contribution in [2.45, 2.75) is 71.1 Å². The second-order valence-corrected chi connectivity index (χ2v) is 5.29. The monoisotopic (exact) mass is 245 g/mol. The number of benzene rings is 1. The quantitative estimate of drug-likeness (QED) is 0.461. The zero-order valence-corrected chi connectivity index (χ0v) is 12.1. The molecule has 101 valence electrons. The fourth-order valence-corrected chi connectivity index (χ4v) is 2.29. The van der Waals surface area contributed by atoms with Crippen molar-refractivity contribution in [3.63, 3.8) is 0 Å². The van der Waals surface area contributed by atoms with Crippen LogP contribution in [-0.4, -0.2) is 0 Å². The molecule has 0 heterocycles. The summed E-state index contributed by atoms with van der Waals surface area (Å²) < 4.78 is 0. The van der Waals surface area contributed by atoms with Gasteiger partial charge in [-0.2, -0.15) is 0 Å². The SMILES string of the molecule is [CH2]CCCCCCCc1ccc(CCCC)cc1. The molecule has 0 saturated carbocycles. The Kier molecular flexibility index (Phi) is 8.63. The van der Waals surface area contributed by atoms with Crippen molar-refractivity contribution >= 4 is 0 Å². The third kappa shape index (κ3) is 6.83. The highest BCUT2D eigenvalue weighted by Crippen LogP contribution is 2.12. The molecular formula is C18H29. The van der Waals surface area contributed by atoms with Crippen molar-refractivity contribution < 1.29 is 0 Å². The van der Waals surface area contributed by atoms with Crippen molar-refractivity contribution in [3.8, 4) is 0 Å². The molecule has 0 spiro atoms. The number of hydrogen-bond acceptors (Lipinski definition) is 0. The van der Waals surface area contributed by atoms with Gasteiger partial charge in [-0.25, -0.2) is 0 Å². The molecule has 0 atom stereocenters. The summed E-state index contributed by atoms with van der Waals surface area (Å²) >= 11 is 0. The number of unbranched alkanes of at least 4 members (excludes halogenated alkanes) is 6. The fraction of sp³-hybridized carbons (Fsp3) is 0.611. The standard InChI is InChI=1S/C18H29/c1-3-5-7-8-9-10-12-18-15-13-17(14-16-18)11-6-4-2/h13-16H,1,3-12H2,2H3. The van der Waals surface area contributed by atoms with E-state index in [9.17, 15) is 0 Å². The van der Waals surface area contributed by atoms with Crippen molar-refractivity contribution in [1.29, 1.82) is 0 Å². The van der Waals surface area contributed by atoms with Crippen LogP contribution >= 0.6 is 0 Å². The van der Waals surface area contributed by atoms with E-state index in [1.165, 1.54) is 68.9 Å². The molecule has 0 aliphatic rings. The van der Waals surface area contributed by atoms with Crippen LogP contribution in [0.4, 0.5) is 0 Å². The number of hydrogen-bond donors (Lipinski definition) is 0. The highest BCUT2D eigenvalue weighted by Gasteiger charge is 1.96. The lowest BCUT2D eigenvalue weighted by molar-refractivity contribution is 0.617. The molecule has 0 aromatic heterocycles. The normalized spacial score (nSPS) is 10.8. The molecule has 1 radical (unpaired) electrons. The van der Waals surface area contributed by atoms with Gasteiger partial charge in [0.2, 0.25) is 0 Å². The Balaban J connectivity index is 2.14. The minimum atomic E-state index is 1.10. The topological polar surface area (TPSA) is 0 Å². The van der Waals surface area contributed by atoms with Gasteiger partial charge in [0.1, 0.15) is 0 Å². The first kappa shape index (κ1) is 15.3. The molecule has 0 aliphatic heterocycles. The van der Waals surface area contributed by atoms with Gasteiger partial charge in [-0.15, -0.1) is 0 Å². The lowest BCUT2D eigenvalue weighted by atomic mass is 10.0. The molecule has 0 nitrogen and oxygen atoms in total. The Labute approximate surface area is 114 Å². The predicted octanol–water partition coefficient (Wildman–Crippen LogP) is 5.75. The zero-order valence-electron chi connectivity index (χ0n) is 12.1. The lowest BCUT2D eigenvalue weighted by Crippen LogP contribution is -1.89. The van der Waals surface area contributed by atoms with Crippen molar-refractivity contribution in [2.24, 2.45) is 0 Å². The van der Waals surface area contributed by atoms with E-state index in [-0.39, 0.29) is 0 Å². The maximum atomic E-state index is 3.88. The second-order valence-electron chi connectivity index (χ2n) is 5.29. The Morgan fingerprint density at radius 3 is 1.78 bits per heavy atom. The van der Waals surface area contributed by atoms with E-state index in [4.69, 9.17) is 0 Å². The van der Waals surface area contributed by atoms with E-state index in [1.54, 1.807) is 0 Å². The van der Waals surface area contributed by atoms with Crippen LogP contribution in [0.5, 0.6) is 0 Å². The van der Waals surface area contributed by atoms with Gasteiger partial charge in [0.05, 0.1) is 0 Å². The molecule has 1 aromatic carbocycles. The first-order valence-corrected chi connectivity index (χ1v) is 7.74. The summed E-state index contributed by atoms with van der Waals surface area (Å²) in [5.41, 5.74) is 3.00. The lowest BCUT2D eigenvalue weighted by Gasteiger charge is -2.04. The molecule has 0 amide bonds. The molecule has 0 aliphatic carbocycles. The maximum absolute atomic E-state index is 3.88. The molecule has 0 heteroatoms. The predicted molar refractivity (Wildman–Crippen MR) is 81.8 cm³/mol. The van der Waals surface area contributed by atoms with Crippen LogP contribution in [0.3, 0.4) is 0 Å². The molecule has 18 heavy (non-hydrogen) atoms. The van der Waals surface area contributed by atoms with Gasteiger partial charge in [-0.3, -0.25) is 0 Å². The summed E-state index contributed by atoms with van der Waals surface area (Å²) in [6.45, 7) is 6.13. The van der Waals surface area contributed by atoms with Crippen LogP contribution in [-0.2, 0) is 12.8 Å². The van der Waals surface area contributed by atoms with Crippen molar-refractivity contribution in [3.05, 3.63) is 42.3 Å². The minimum Gasteiger partial charge on any atom is -0.0654 e. The second kappa shape index (κ2) is 10.2. The van der Waals surface area contributed by atoms with Gasteiger partial charge in [-0.05, 0) is 36.8 Å². The van der Waals surface area contributed by atoms with Gasteiger partial charge in [0.25, 0.3) is 0 Å². The van der Waals surface area contributed by atoms with Crippen LogP contribution in [0.25, 0.3) is 0 Å². The highest BCUT2D eigenvalue weighted by atomic mass is 14.0. The molecule has 0 unspecified atom stereocenters. The van der Waals surface area contributed by atoms with E-state index in [1.807, 2.05) is 0 Å². The molecule has 0 N–H and O–H groups in total. The van der Waals surface area contributed by atoms with Crippen LogP contribution in [0.1, 0.15) is 69.4 Å². The van der Waals surface area contributed by atoms with Crippen LogP contribution < -0.4 is 0 Å². The third-order valence-corrected chi connectivity index (χ3v) is 3.56. The van der Waals surface area contributed by atoms with E-state index < -0.39 is 0 Å². The van der Waals surface area contributed by atoms with Crippen LogP contribution in [0.2, 0.25) is 0 Å². The van der Waals surface area contributed by atoms with Crippen LogP contribution in [0.15, 0.2) is 24.3 Å². The van der Waals surface area contributed by atoms with Gasteiger partial charge >= 0.3 is 0 Å². The Morgan fingerprint density at radius 1 is 0.722 bits per heavy atom. The minimum absolute atomic E-state index is 1.10. The van der Waals surface area contributed by atoms with Gasteiger partial charge in [0, 0.05) is 0 Å². The Hall–Kier alpha value is -0.780. The van der Waals surface area contributed by atoms with Crippen LogP contribution in [0, 0.1) is 6.92 Å². The summed E-state index contributed by atoms with van der Waals surface area (Å²) in [7, 11) is 0. The molecule has 1 rings (SSSR count).